The van der Waals surface area contributed by atoms with Crippen LogP contribution in [0.2, 0.25) is 0 Å². The lowest BCUT2D eigenvalue weighted by Crippen LogP contribution is -2.20. The summed E-state index contributed by atoms with van der Waals surface area (Å²) >= 11 is 0. The molecule has 0 fully saturated rings. The maximum atomic E-state index is 11.4. The number of anilines is 1. The fourth-order valence-electron chi connectivity index (χ4n) is 1.35. The average Bonchev–Trinajstić information content (AvgIpc) is 2.41. The molecule has 0 saturated heterocycles. The second-order valence-electron chi connectivity index (χ2n) is 3.76. The van der Waals surface area contributed by atoms with Gasteiger partial charge in [-0.25, -0.2) is 0 Å². The largest absolute Gasteiger partial charge is 0.487 e. The summed E-state index contributed by atoms with van der Waals surface area (Å²) in [5.41, 5.74) is 7.20. The van der Waals surface area contributed by atoms with Crippen molar-refractivity contribution < 1.29 is 9.53 Å². The van der Waals surface area contributed by atoms with E-state index in [2.05, 4.69) is 18.5 Å². The summed E-state index contributed by atoms with van der Waals surface area (Å²) in [6, 6.07) is 5.34. The van der Waals surface area contributed by atoms with E-state index in [-0.39, 0.29) is 5.91 Å². The number of hydrogen-bond donors (Lipinski definition) is 2. The van der Waals surface area contributed by atoms with Gasteiger partial charge in [0.05, 0.1) is 5.69 Å². The molecule has 1 aromatic carbocycles. The molecule has 0 aliphatic rings. The highest BCUT2D eigenvalue weighted by atomic mass is 16.5. The van der Waals surface area contributed by atoms with E-state index in [1.165, 1.54) is 6.08 Å². The Kier molecular flexibility index (Phi) is 5.95. The number of ether oxygens (including phenoxy) is 1. The van der Waals surface area contributed by atoms with Crippen LogP contribution in [-0.4, -0.2) is 19.1 Å². The third kappa shape index (κ3) is 5.12. The predicted octanol–water partition coefficient (Wildman–Crippen LogP) is 2.15. The molecule has 1 amide bonds. The van der Waals surface area contributed by atoms with Crippen LogP contribution in [0, 0.1) is 0 Å². The van der Waals surface area contributed by atoms with Gasteiger partial charge in [-0.15, -0.1) is 6.58 Å². The number of rotatable bonds is 7. The second kappa shape index (κ2) is 7.76. The Morgan fingerprint density at radius 1 is 1.37 bits per heavy atom. The Hall–Kier alpha value is -2.49. The van der Waals surface area contributed by atoms with E-state index in [0.717, 1.165) is 5.56 Å². The maximum absolute atomic E-state index is 11.4. The van der Waals surface area contributed by atoms with Gasteiger partial charge >= 0.3 is 0 Å². The van der Waals surface area contributed by atoms with Crippen molar-refractivity contribution in [3.8, 4) is 5.75 Å². The molecule has 0 aromatic heterocycles. The van der Waals surface area contributed by atoms with E-state index in [0.29, 0.717) is 24.6 Å². The van der Waals surface area contributed by atoms with Crippen LogP contribution >= 0.6 is 0 Å². The third-order valence-corrected chi connectivity index (χ3v) is 2.24. The molecule has 4 nitrogen and oxygen atoms in total. The van der Waals surface area contributed by atoms with E-state index >= 15 is 0 Å². The van der Waals surface area contributed by atoms with Gasteiger partial charge in [-0.2, -0.15) is 0 Å². The van der Waals surface area contributed by atoms with Crippen LogP contribution in [0.5, 0.6) is 5.75 Å². The Labute approximate surface area is 113 Å². The summed E-state index contributed by atoms with van der Waals surface area (Å²) in [7, 11) is 0. The van der Waals surface area contributed by atoms with Crippen LogP contribution in [0.15, 0.2) is 49.6 Å². The maximum Gasteiger partial charge on any atom is 0.244 e. The van der Waals surface area contributed by atoms with E-state index < -0.39 is 0 Å². The number of benzene rings is 1. The number of nitrogens with one attached hydrogen (secondary N) is 1. The molecule has 19 heavy (non-hydrogen) atoms. The number of nitrogen functional groups attached to an aromatic ring is 1. The minimum Gasteiger partial charge on any atom is -0.487 e. The molecule has 100 valence electrons. The highest BCUT2D eigenvalue weighted by Gasteiger charge is 2.00. The molecule has 0 bridgehead atoms. The molecule has 1 rings (SSSR count). The quantitative estimate of drug-likeness (QED) is 0.447. The van der Waals surface area contributed by atoms with Gasteiger partial charge in [0.2, 0.25) is 5.91 Å². The Morgan fingerprint density at radius 2 is 2.16 bits per heavy atom. The molecule has 1 aromatic rings. The zero-order chi connectivity index (χ0) is 14.1. The molecule has 3 N–H and O–H groups in total. The van der Waals surface area contributed by atoms with Gasteiger partial charge in [-0.1, -0.05) is 24.8 Å². The molecule has 4 heteroatoms. The second-order valence-corrected chi connectivity index (χ2v) is 3.76. The number of hydrogen-bond acceptors (Lipinski definition) is 3. The van der Waals surface area contributed by atoms with Crippen molar-refractivity contribution in [3.63, 3.8) is 0 Å². The van der Waals surface area contributed by atoms with Gasteiger partial charge in [0.1, 0.15) is 12.4 Å². The standard InChI is InChI=1S/C15H18N2O2/c1-3-9-17-15(18)8-6-12-5-7-14(13(16)11-12)19-10-4-2/h3-8,11H,1-2,9-10,16H2,(H,17,18)/b8-6-. The van der Waals surface area contributed by atoms with Crippen LogP contribution < -0.4 is 15.8 Å². The Morgan fingerprint density at radius 3 is 2.79 bits per heavy atom. The van der Waals surface area contributed by atoms with Crippen molar-refractivity contribution in [2.75, 3.05) is 18.9 Å². The first-order chi connectivity index (χ1) is 9.17. The van der Waals surface area contributed by atoms with E-state index in [1.54, 1.807) is 30.4 Å². The lowest BCUT2D eigenvalue weighted by atomic mass is 10.1. The summed E-state index contributed by atoms with van der Waals surface area (Å²) in [4.78, 5) is 11.4. The summed E-state index contributed by atoms with van der Waals surface area (Å²) in [6.45, 7) is 7.94. The molecule has 0 saturated carbocycles. The Bertz CT molecular complexity index is 493. The molecule has 0 radical (unpaired) electrons. The Balaban J connectivity index is 2.67. The predicted molar refractivity (Wildman–Crippen MR) is 78.8 cm³/mol. The van der Waals surface area contributed by atoms with Gasteiger partial charge in [0, 0.05) is 12.6 Å². The van der Waals surface area contributed by atoms with Crippen LogP contribution in [-0.2, 0) is 4.79 Å². The molecule has 0 atom stereocenters. The SMILES string of the molecule is C=CCNC(=O)/C=C\c1ccc(OCC=C)c(N)c1. The number of amides is 1. The third-order valence-electron chi connectivity index (χ3n) is 2.24. The van der Waals surface area contributed by atoms with Gasteiger partial charge in [-0.05, 0) is 23.8 Å². The minimum absolute atomic E-state index is 0.176. The first-order valence-electron chi connectivity index (χ1n) is 5.87. The number of carbonyl (C=O) groups is 1. The zero-order valence-electron chi connectivity index (χ0n) is 10.8. The fourth-order valence-corrected chi connectivity index (χ4v) is 1.35. The van der Waals surface area contributed by atoms with Crippen molar-refractivity contribution in [2.45, 2.75) is 0 Å². The van der Waals surface area contributed by atoms with Gasteiger partial charge in [0.15, 0.2) is 0 Å². The summed E-state index contributed by atoms with van der Waals surface area (Å²) in [6.07, 6.45) is 6.40. The molecule has 0 aliphatic heterocycles. The zero-order valence-corrected chi connectivity index (χ0v) is 10.8. The topological polar surface area (TPSA) is 64.3 Å². The van der Waals surface area contributed by atoms with Gasteiger partial charge in [0.25, 0.3) is 0 Å². The molecular weight excluding hydrogens is 240 g/mol. The molecule has 0 aliphatic carbocycles. The van der Waals surface area contributed by atoms with Crippen LogP contribution in [0.3, 0.4) is 0 Å². The molecule has 0 spiro atoms. The van der Waals surface area contributed by atoms with Crippen molar-refractivity contribution in [3.05, 3.63) is 55.1 Å². The first-order valence-corrected chi connectivity index (χ1v) is 5.87. The summed E-state index contributed by atoms with van der Waals surface area (Å²) < 4.78 is 5.36. The summed E-state index contributed by atoms with van der Waals surface area (Å²) in [5, 5.41) is 2.65. The van der Waals surface area contributed by atoms with E-state index in [4.69, 9.17) is 10.5 Å². The summed E-state index contributed by atoms with van der Waals surface area (Å²) in [5.74, 6) is 0.429. The van der Waals surface area contributed by atoms with E-state index in [1.807, 2.05) is 6.07 Å². The first kappa shape index (κ1) is 14.6. The highest BCUT2D eigenvalue weighted by molar-refractivity contribution is 5.91. The van der Waals surface area contributed by atoms with E-state index in [9.17, 15) is 4.79 Å². The van der Waals surface area contributed by atoms with Crippen molar-refractivity contribution in [2.24, 2.45) is 0 Å². The van der Waals surface area contributed by atoms with Crippen LogP contribution in [0.1, 0.15) is 5.56 Å². The normalized spacial score (nSPS) is 10.1. The minimum atomic E-state index is -0.176. The van der Waals surface area contributed by atoms with Crippen LogP contribution in [0.25, 0.3) is 6.08 Å². The fraction of sp³-hybridized carbons (Fsp3) is 0.133. The van der Waals surface area contributed by atoms with Crippen molar-refractivity contribution in [1.29, 1.82) is 0 Å². The smallest absolute Gasteiger partial charge is 0.244 e. The van der Waals surface area contributed by atoms with Gasteiger partial charge < -0.3 is 15.8 Å². The lowest BCUT2D eigenvalue weighted by molar-refractivity contribution is -0.116. The molecular formula is C15H18N2O2. The monoisotopic (exact) mass is 258 g/mol. The van der Waals surface area contributed by atoms with Gasteiger partial charge in [-0.3, -0.25) is 4.79 Å². The molecule has 0 heterocycles. The van der Waals surface area contributed by atoms with Crippen molar-refractivity contribution in [1.82, 2.24) is 5.32 Å². The lowest BCUT2D eigenvalue weighted by Gasteiger charge is -2.07. The highest BCUT2D eigenvalue weighted by Crippen LogP contribution is 2.23. The average molecular weight is 258 g/mol. The van der Waals surface area contributed by atoms with Crippen molar-refractivity contribution >= 4 is 17.7 Å². The van der Waals surface area contributed by atoms with Crippen LogP contribution in [0.4, 0.5) is 5.69 Å². The molecule has 0 unspecified atom stereocenters. The number of nitrogens with two attached hydrogens (primary N) is 1. The number of carbonyl (C=O) groups excluding carboxylic acids is 1.